The quantitative estimate of drug-likeness (QED) is 0.619. The van der Waals surface area contributed by atoms with E-state index in [0.717, 1.165) is 12.1 Å². The summed E-state index contributed by atoms with van der Waals surface area (Å²) in [5, 5.41) is 21.5. The molecule has 0 aliphatic carbocycles. The van der Waals surface area contributed by atoms with Crippen LogP contribution in [0.2, 0.25) is 0 Å². The van der Waals surface area contributed by atoms with Crippen LogP contribution in [0, 0.1) is 15.9 Å². The Morgan fingerprint density at radius 1 is 1.53 bits per heavy atom. The van der Waals surface area contributed by atoms with Gasteiger partial charge in [-0.05, 0) is 19.1 Å². The number of nitro groups is 1. The number of carbonyl (C=O) groups is 2. The van der Waals surface area contributed by atoms with Gasteiger partial charge >= 0.3 is 5.97 Å². The Morgan fingerprint density at radius 2 is 2.16 bits per heavy atom. The third kappa shape index (κ3) is 4.02. The highest BCUT2D eigenvalue weighted by Gasteiger charge is 2.22. The van der Waals surface area contributed by atoms with Crippen molar-refractivity contribution in [2.75, 3.05) is 0 Å². The minimum atomic E-state index is -1.11. The SMILES string of the molecule is CC(CC(=O)O)NC(=O)c1ccc(F)cc1[N+](=O)[O-]. The van der Waals surface area contributed by atoms with Crippen LogP contribution in [0.4, 0.5) is 10.1 Å². The van der Waals surface area contributed by atoms with Gasteiger partial charge in [0, 0.05) is 6.04 Å². The average molecular weight is 270 g/mol. The van der Waals surface area contributed by atoms with Crippen LogP contribution in [0.5, 0.6) is 0 Å². The molecule has 0 spiro atoms. The maximum Gasteiger partial charge on any atom is 0.305 e. The molecule has 1 aromatic rings. The third-order valence-electron chi connectivity index (χ3n) is 2.26. The van der Waals surface area contributed by atoms with Crippen molar-refractivity contribution in [3.63, 3.8) is 0 Å². The second-order valence-electron chi connectivity index (χ2n) is 3.89. The zero-order valence-electron chi connectivity index (χ0n) is 9.92. The molecule has 0 bridgehead atoms. The lowest BCUT2D eigenvalue weighted by Crippen LogP contribution is -2.34. The van der Waals surface area contributed by atoms with Gasteiger partial charge in [-0.1, -0.05) is 0 Å². The van der Waals surface area contributed by atoms with Gasteiger partial charge in [0.25, 0.3) is 11.6 Å². The number of hydrogen-bond donors (Lipinski definition) is 2. The van der Waals surface area contributed by atoms with E-state index in [-0.39, 0.29) is 12.0 Å². The van der Waals surface area contributed by atoms with E-state index >= 15 is 0 Å². The standard InChI is InChI=1S/C11H11FN2O5/c1-6(4-10(15)16)13-11(17)8-3-2-7(12)5-9(8)14(18)19/h2-3,5-6H,4H2,1H3,(H,13,17)(H,15,16). The molecule has 0 heterocycles. The molecule has 0 radical (unpaired) electrons. The van der Waals surface area contributed by atoms with Crippen LogP contribution in [0.15, 0.2) is 18.2 Å². The number of halogens is 1. The van der Waals surface area contributed by atoms with Gasteiger partial charge in [-0.25, -0.2) is 4.39 Å². The minimum absolute atomic E-state index is 0.316. The fraction of sp³-hybridized carbons (Fsp3) is 0.273. The third-order valence-corrected chi connectivity index (χ3v) is 2.26. The van der Waals surface area contributed by atoms with Crippen LogP contribution in [-0.4, -0.2) is 27.9 Å². The monoisotopic (exact) mass is 270 g/mol. The number of nitrogens with zero attached hydrogens (tertiary/aromatic N) is 1. The summed E-state index contributed by atoms with van der Waals surface area (Å²) in [6.07, 6.45) is -0.319. The predicted molar refractivity (Wildman–Crippen MR) is 62.2 cm³/mol. The largest absolute Gasteiger partial charge is 0.481 e. The number of rotatable bonds is 5. The Bertz CT molecular complexity index is 532. The number of benzene rings is 1. The highest BCUT2D eigenvalue weighted by atomic mass is 19.1. The van der Waals surface area contributed by atoms with E-state index in [1.165, 1.54) is 6.92 Å². The summed E-state index contributed by atoms with van der Waals surface area (Å²) < 4.78 is 12.9. The minimum Gasteiger partial charge on any atom is -0.481 e. The molecule has 0 aliphatic rings. The smallest absolute Gasteiger partial charge is 0.305 e. The van der Waals surface area contributed by atoms with Gasteiger partial charge in [-0.15, -0.1) is 0 Å². The van der Waals surface area contributed by atoms with E-state index in [2.05, 4.69) is 5.32 Å². The van der Waals surface area contributed by atoms with E-state index in [4.69, 9.17) is 5.11 Å². The van der Waals surface area contributed by atoms with Crippen molar-refractivity contribution >= 4 is 17.6 Å². The molecule has 0 aromatic heterocycles. The number of aliphatic carboxylic acids is 1. The first-order valence-corrected chi connectivity index (χ1v) is 5.28. The summed E-state index contributed by atoms with van der Waals surface area (Å²) in [6.45, 7) is 1.45. The van der Waals surface area contributed by atoms with E-state index in [1.54, 1.807) is 0 Å². The Morgan fingerprint density at radius 3 is 2.68 bits per heavy atom. The topological polar surface area (TPSA) is 110 Å². The first-order chi connectivity index (χ1) is 8.81. The van der Waals surface area contributed by atoms with Gasteiger partial charge in [0.15, 0.2) is 0 Å². The molecular weight excluding hydrogens is 259 g/mol. The number of hydrogen-bond acceptors (Lipinski definition) is 4. The molecule has 8 heteroatoms. The van der Waals surface area contributed by atoms with Crippen molar-refractivity contribution in [2.45, 2.75) is 19.4 Å². The first-order valence-electron chi connectivity index (χ1n) is 5.28. The molecule has 102 valence electrons. The normalized spacial score (nSPS) is 11.7. The van der Waals surface area contributed by atoms with Gasteiger partial charge in [0.05, 0.1) is 17.4 Å². The Labute approximate surface area is 107 Å². The summed E-state index contributed by atoms with van der Waals surface area (Å²) in [5.74, 6) is -2.76. The van der Waals surface area contributed by atoms with Gasteiger partial charge in [0.2, 0.25) is 0 Å². The molecule has 0 saturated heterocycles. The molecule has 1 amide bonds. The molecule has 19 heavy (non-hydrogen) atoms. The highest BCUT2D eigenvalue weighted by molar-refractivity contribution is 5.98. The van der Waals surface area contributed by atoms with Gasteiger partial charge < -0.3 is 10.4 Å². The molecule has 0 saturated carbocycles. The van der Waals surface area contributed by atoms with Crippen LogP contribution >= 0.6 is 0 Å². The summed E-state index contributed by atoms with van der Waals surface area (Å²) >= 11 is 0. The lowest BCUT2D eigenvalue weighted by Gasteiger charge is -2.11. The molecule has 0 aliphatic heterocycles. The summed E-state index contributed by atoms with van der Waals surface area (Å²) in [4.78, 5) is 32.0. The van der Waals surface area contributed by atoms with Crippen LogP contribution in [-0.2, 0) is 4.79 Å². The zero-order valence-corrected chi connectivity index (χ0v) is 9.92. The van der Waals surface area contributed by atoms with Crippen molar-refractivity contribution in [2.24, 2.45) is 0 Å². The number of carboxylic acid groups (broad SMARTS) is 1. The highest BCUT2D eigenvalue weighted by Crippen LogP contribution is 2.19. The number of carbonyl (C=O) groups excluding carboxylic acids is 1. The van der Waals surface area contributed by atoms with Gasteiger partial charge in [-0.3, -0.25) is 19.7 Å². The average Bonchev–Trinajstić information content (AvgIpc) is 2.27. The fourth-order valence-electron chi connectivity index (χ4n) is 1.46. The number of amides is 1. The molecule has 2 N–H and O–H groups in total. The Hall–Kier alpha value is -2.51. The fourth-order valence-corrected chi connectivity index (χ4v) is 1.46. The van der Waals surface area contributed by atoms with Crippen molar-refractivity contribution in [1.82, 2.24) is 5.32 Å². The van der Waals surface area contributed by atoms with Gasteiger partial charge in [-0.2, -0.15) is 0 Å². The molecule has 1 aromatic carbocycles. The molecule has 1 unspecified atom stereocenters. The Balaban J connectivity index is 2.93. The van der Waals surface area contributed by atoms with Crippen LogP contribution < -0.4 is 5.32 Å². The number of carboxylic acids is 1. The molecule has 7 nitrogen and oxygen atoms in total. The van der Waals surface area contributed by atoms with E-state index in [9.17, 15) is 24.1 Å². The predicted octanol–water partition coefficient (Wildman–Crippen LogP) is 1.33. The molecule has 1 rings (SSSR count). The summed E-state index contributed by atoms with van der Waals surface area (Å²) in [5.41, 5.74) is -0.983. The van der Waals surface area contributed by atoms with Crippen LogP contribution in [0.3, 0.4) is 0 Å². The van der Waals surface area contributed by atoms with Crippen molar-refractivity contribution in [1.29, 1.82) is 0 Å². The van der Waals surface area contributed by atoms with Crippen molar-refractivity contribution in [3.8, 4) is 0 Å². The molecule has 0 fully saturated rings. The van der Waals surface area contributed by atoms with Crippen molar-refractivity contribution in [3.05, 3.63) is 39.7 Å². The maximum atomic E-state index is 12.9. The van der Waals surface area contributed by atoms with E-state index < -0.39 is 34.3 Å². The lowest BCUT2D eigenvalue weighted by atomic mass is 10.1. The van der Waals surface area contributed by atoms with Crippen LogP contribution in [0.25, 0.3) is 0 Å². The van der Waals surface area contributed by atoms with Gasteiger partial charge in [0.1, 0.15) is 11.4 Å². The maximum absolute atomic E-state index is 12.9. The van der Waals surface area contributed by atoms with Crippen molar-refractivity contribution < 1.29 is 24.0 Å². The number of nitro benzene ring substituents is 1. The Kier molecular flexibility index (Phi) is 4.51. The van der Waals surface area contributed by atoms with E-state index in [1.807, 2.05) is 0 Å². The van der Waals surface area contributed by atoms with E-state index in [0.29, 0.717) is 6.07 Å². The molecule has 1 atom stereocenters. The molecular formula is C11H11FN2O5. The second-order valence-corrected chi connectivity index (χ2v) is 3.89. The summed E-state index contributed by atoms with van der Waals surface area (Å²) in [7, 11) is 0. The summed E-state index contributed by atoms with van der Waals surface area (Å²) in [6, 6.07) is 1.84. The second kappa shape index (κ2) is 5.89. The first kappa shape index (κ1) is 14.6. The van der Waals surface area contributed by atoms with Crippen LogP contribution in [0.1, 0.15) is 23.7 Å². The number of nitrogens with one attached hydrogen (secondary N) is 1. The zero-order chi connectivity index (χ0) is 14.6. The lowest BCUT2D eigenvalue weighted by molar-refractivity contribution is -0.385.